The smallest absolute Gasteiger partial charge is 0.254 e. The maximum atomic E-state index is 12.0. The van der Waals surface area contributed by atoms with E-state index in [1.54, 1.807) is 6.20 Å². The summed E-state index contributed by atoms with van der Waals surface area (Å²) in [5, 5.41) is 14.7. The van der Waals surface area contributed by atoms with Crippen molar-refractivity contribution in [3.63, 3.8) is 0 Å². The topological polar surface area (TPSA) is 94.1 Å². The summed E-state index contributed by atoms with van der Waals surface area (Å²) in [5.41, 5.74) is 1.69. The van der Waals surface area contributed by atoms with Crippen molar-refractivity contribution in [2.45, 2.75) is 25.2 Å². The number of carbonyl (C=O) groups excluding carboxylic acids is 1. The molecule has 1 heterocycles. The van der Waals surface area contributed by atoms with Crippen molar-refractivity contribution in [3.05, 3.63) is 11.8 Å². The molecule has 0 saturated carbocycles. The summed E-state index contributed by atoms with van der Waals surface area (Å²) in [7, 11) is 1.83. The average molecular weight is 349 g/mol. The monoisotopic (exact) mass is 349 g/mol. The predicted molar refractivity (Wildman–Crippen MR) is 90.6 cm³/mol. The van der Waals surface area contributed by atoms with Crippen LogP contribution in [0.2, 0.25) is 0 Å². The van der Waals surface area contributed by atoms with Gasteiger partial charge in [-0.05, 0) is 24.9 Å². The number of carbonyl (C=O) groups is 1. The van der Waals surface area contributed by atoms with Crippen LogP contribution >= 0.6 is 24.3 Å². The lowest BCUT2D eigenvalue weighted by Crippen LogP contribution is -2.34. The normalized spacial score (nSPS) is 21.7. The van der Waals surface area contributed by atoms with E-state index in [9.17, 15) is 4.79 Å². The largest absolute Gasteiger partial charge is 0.394 e. The lowest BCUT2D eigenvalue weighted by Gasteiger charge is -2.24. The highest BCUT2D eigenvalue weighted by atomic mass is 32.2. The minimum Gasteiger partial charge on any atom is -0.394 e. The summed E-state index contributed by atoms with van der Waals surface area (Å²) >= 11 is 5.40. The van der Waals surface area contributed by atoms with E-state index in [1.807, 2.05) is 11.9 Å². The number of rotatable bonds is 10. The molecule has 9 heteroatoms. The van der Waals surface area contributed by atoms with Gasteiger partial charge in [0.2, 0.25) is 0 Å². The molecule has 0 aromatic heterocycles. The molecule has 1 saturated heterocycles. The third-order valence-corrected chi connectivity index (χ3v) is 3.77. The number of ether oxygens (including phenoxy) is 1. The maximum Gasteiger partial charge on any atom is 0.254 e. The molecule has 7 nitrogen and oxygen atoms in total. The minimum absolute atomic E-state index is 0.00664. The first-order chi connectivity index (χ1) is 10.6. The number of amides is 1. The quantitative estimate of drug-likeness (QED) is 0.192. The van der Waals surface area contributed by atoms with Crippen LogP contribution < -0.4 is 10.6 Å². The fourth-order valence-electron chi connectivity index (χ4n) is 2.12. The molecule has 0 aromatic carbocycles. The first kappa shape index (κ1) is 19.3. The first-order valence-corrected chi connectivity index (χ1v) is 8.44. The highest BCUT2D eigenvalue weighted by molar-refractivity contribution is 7.93. The number of aliphatic hydroxyl groups is 1. The van der Waals surface area contributed by atoms with Gasteiger partial charge in [0.25, 0.3) is 5.91 Å². The molecule has 1 amide bonds. The molecular weight excluding hydrogens is 326 g/mol. The zero-order valence-corrected chi connectivity index (χ0v) is 14.2. The molecule has 1 aliphatic heterocycles. The molecule has 0 aliphatic carbocycles. The third kappa shape index (κ3) is 6.59. The van der Waals surface area contributed by atoms with Crippen LogP contribution in [0.4, 0.5) is 0 Å². The number of aliphatic hydroxyl groups excluding tert-OH is 1. The molecule has 0 bridgehead atoms. The van der Waals surface area contributed by atoms with Gasteiger partial charge in [-0.25, -0.2) is 0 Å². The number of hydrogen-bond acceptors (Lipinski definition) is 8. The van der Waals surface area contributed by atoms with Gasteiger partial charge in [0.15, 0.2) is 0 Å². The van der Waals surface area contributed by atoms with Crippen LogP contribution in [-0.4, -0.2) is 70.8 Å². The van der Waals surface area contributed by atoms with Crippen molar-refractivity contribution in [2.24, 2.45) is 0 Å². The number of nitrogens with zero attached hydrogens (tertiary/aromatic N) is 1. The Kier molecular flexibility index (Phi) is 9.60. The van der Waals surface area contributed by atoms with E-state index in [4.69, 9.17) is 14.4 Å². The van der Waals surface area contributed by atoms with Crippen LogP contribution in [0.25, 0.3) is 0 Å². The SMILES string of the molecule is CN(/C=C(/CNCCSO)C(=O)NC=S)C1CCC(CO)O1. The van der Waals surface area contributed by atoms with Crippen LogP contribution in [0, 0.1) is 0 Å². The molecule has 1 aliphatic rings. The zero-order valence-electron chi connectivity index (χ0n) is 12.5. The molecule has 0 aromatic rings. The van der Waals surface area contributed by atoms with Gasteiger partial charge in [0, 0.05) is 37.7 Å². The lowest BCUT2D eigenvalue weighted by molar-refractivity contribution is -0.116. The number of nitrogens with one attached hydrogen (secondary N) is 2. The Morgan fingerprint density at radius 2 is 2.32 bits per heavy atom. The van der Waals surface area contributed by atoms with Crippen molar-refractivity contribution >= 4 is 35.7 Å². The standard InChI is InChI=1S/C13H23N3O4S2/c1-16(12-3-2-11(8-17)20-12)7-10(13(18)15-9-21)6-14-4-5-22-19/h7,9,11-12,14,17,19H,2-6,8H2,1H3,(H,15,18,21)/b10-7-. The van der Waals surface area contributed by atoms with E-state index in [-0.39, 0.29) is 24.8 Å². The molecule has 1 fully saturated rings. The second-order valence-corrected chi connectivity index (χ2v) is 5.80. The molecule has 1 rings (SSSR count). The molecule has 2 atom stereocenters. The van der Waals surface area contributed by atoms with Gasteiger partial charge < -0.3 is 29.9 Å². The second-order valence-electron chi connectivity index (χ2n) is 4.89. The number of hydrogen-bond donors (Lipinski definition) is 4. The molecule has 0 spiro atoms. The van der Waals surface area contributed by atoms with Crippen molar-refractivity contribution in [3.8, 4) is 0 Å². The van der Waals surface area contributed by atoms with Gasteiger partial charge in [-0.1, -0.05) is 12.2 Å². The van der Waals surface area contributed by atoms with Crippen molar-refractivity contribution in [1.29, 1.82) is 0 Å². The fourth-order valence-corrected chi connectivity index (χ4v) is 2.46. The Hall–Kier alpha value is -0.710. The summed E-state index contributed by atoms with van der Waals surface area (Å²) in [6, 6.07) is 0. The summed E-state index contributed by atoms with van der Waals surface area (Å²) in [6.07, 6.45) is 3.03. The lowest BCUT2D eigenvalue weighted by atomic mass is 10.2. The Balaban J connectivity index is 2.62. The van der Waals surface area contributed by atoms with E-state index < -0.39 is 0 Å². The Morgan fingerprint density at radius 1 is 1.55 bits per heavy atom. The second kappa shape index (κ2) is 10.9. The first-order valence-electron chi connectivity index (χ1n) is 7.03. The van der Waals surface area contributed by atoms with Crippen molar-refractivity contribution < 1.29 is 19.2 Å². The van der Waals surface area contributed by atoms with Gasteiger partial charge in [-0.3, -0.25) is 4.79 Å². The Morgan fingerprint density at radius 3 is 2.91 bits per heavy atom. The summed E-state index contributed by atoms with van der Waals surface area (Å²) in [5.74, 6) is 0.268. The van der Waals surface area contributed by atoms with Crippen LogP contribution in [0.1, 0.15) is 12.8 Å². The molecule has 22 heavy (non-hydrogen) atoms. The summed E-state index contributed by atoms with van der Waals surface area (Å²) < 4.78 is 14.4. The molecule has 4 N–H and O–H groups in total. The van der Waals surface area contributed by atoms with Gasteiger partial charge in [-0.15, -0.1) is 0 Å². The van der Waals surface area contributed by atoms with Gasteiger partial charge in [0.05, 0.1) is 18.2 Å². The van der Waals surface area contributed by atoms with E-state index in [0.717, 1.165) is 24.9 Å². The predicted octanol–water partition coefficient (Wildman–Crippen LogP) is 0.169. The Labute approximate surface area is 140 Å². The summed E-state index contributed by atoms with van der Waals surface area (Å²) in [6.45, 7) is 0.947. The van der Waals surface area contributed by atoms with Crippen LogP contribution in [-0.2, 0) is 9.53 Å². The van der Waals surface area contributed by atoms with E-state index in [1.165, 1.54) is 5.49 Å². The molecular formula is C13H23N3O4S2. The van der Waals surface area contributed by atoms with Crippen LogP contribution in [0.5, 0.6) is 0 Å². The summed E-state index contributed by atoms with van der Waals surface area (Å²) in [4.78, 5) is 13.8. The average Bonchev–Trinajstić information content (AvgIpc) is 2.99. The van der Waals surface area contributed by atoms with Crippen LogP contribution in [0.3, 0.4) is 0 Å². The van der Waals surface area contributed by atoms with Gasteiger partial charge >= 0.3 is 0 Å². The van der Waals surface area contributed by atoms with Crippen LogP contribution in [0.15, 0.2) is 11.8 Å². The Bertz CT molecular complexity index is 395. The third-order valence-electron chi connectivity index (χ3n) is 3.27. The minimum atomic E-state index is -0.275. The van der Waals surface area contributed by atoms with Crippen molar-refractivity contribution in [1.82, 2.24) is 15.5 Å². The fraction of sp³-hybridized carbons (Fsp3) is 0.692. The highest BCUT2D eigenvalue weighted by Gasteiger charge is 2.27. The molecule has 0 radical (unpaired) electrons. The molecule has 126 valence electrons. The van der Waals surface area contributed by atoms with E-state index in [2.05, 4.69) is 22.9 Å². The van der Waals surface area contributed by atoms with E-state index >= 15 is 0 Å². The van der Waals surface area contributed by atoms with Gasteiger partial charge in [0.1, 0.15) is 6.23 Å². The van der Waals surface area contributed by atoms with Crippen molar-refractivity contribution in [2.75, 3.05) is 32.5 Å². The molecule has 2 unspecified atom stereocenters. The zero-order chi connectivity index (χ0) is 16.4. The maximum absolute atomic E-state index is 12.0. The van der Waals surface area contributed by atoms with Gasteiger partial charge in [-0.2, -0.15) is 0 Å². The highest BCUT2D eigenvalue weighted by Crippen LogP contribution is 2.22. The number of thiocarbonyl (C=S) groups is 1. The van der Waals surface area contributed by atoms with E-state index in [0.29, 0.717) is 24.4 Å².